The molecule has 1 aliphatic heterocycles. The minimum atomic E-state index is -4.47. The normalized spacial score (nSPS) is 17.4. The molecule has 0 amide bonds. The number of nitrogens with one attached hydrogen (secondary N) is 2. The molecule has 0 spiro atoms. The predicted molar refractivity (Wildman–Crippen MR) is 119 cm³/mol. The second-order valence-corrected chi connectivity index (χ2v) is 8.88. The topological polar surface area (TPSA) is 52.1 Å². The fourth-order valence-electron chi connectivity index (χ4n) is 3.45. The summed E-state index contributed by atoms with van der Waals surface area (Å²) >= 11 is 0. The summed E-state index contributed by atoms with van der Waals surface area (Å²) in [6, 6.07) is 4.09. The number of ether oxygens (including phenoxy) is 1. The lowest BCUT2D eigenvalue weighted by Gasteiger charge is -2.23. The van der Waals surface area contributed by atoms with Gasteiger partial charge < -0.3 is 25.2 Å². The Morgan fingerprint density at radius 3 is 2.48 bits per heavy atom. The second-order valence-electron chi connectivity index (χ2n) is 8.88. The molecule has 0 saturated carbocycles. The Hall–Kier alpha value is -2.00. The van der Waals surface area contributed by atoms with Crippen LogP contribution in [0.15, 0.2) is 23.2 Å². The average Bonchev–Trinajstić information content (AvgIpc) is 2.87. The van der Waals surface area contributed by atoms with Crippen molar-refractivity contribution in [2.75, 3.05) is 53.4 Å². The lowest BCUT2D eigenvalue weighted by atomic mass is 10.1. The van der Waals surface area contributed by atoms with Gasteiger partial charge in [0.2, 0.25) is 0 Å². The maximum atomic E-state index is 13.6. The number of halogens is 3. The van der Waals surface area contributed by atoms with Crippen LogP contribution in [0.3, 0.4) is 0 Å². The second kappa shape index (κ2) is 11.0. The first-order valence-electron chi connectivity index (χ1n) is 10.7. The minimum absolute atomic E-state index is 0.0127. The number of alkyl halides is 3. The van der Waals surface area contributed by atoms with Gasteiger partial charge in [-0.2, -0.15) is 13.2 Å². The zero-order chi connectivity index (χ0) is 23.1. The van der Waals surface area contributed by atoms with E-state index in [4.69, 9.17) is 4.74 Å². The van der Waals surface area contributed by atoms with E-state index >= 15 is 0 Å². The standard InChI is InChI=1S/C22H36F3N5O/c1-21(2,3)31-18-8-7-17(19(15-18)22(23,24)25)16-28-20(26-4)27-9-12-30-11-6-10-29(5)13-14-30/h7-8,15H,6,9-14,16H2,1-5H3,(H2,26,27,28). The lowest BCUT2D eigenvalue weighted by Crippen LogP contribution is -2.42. The van der Waals surface area contributed by atoms with E-state index < -0.39 is 17.3 Å². The van der Waals surface area contributed by atoms with Crippen LogP contribution < -0.4 is 15.4 Å². The summed E-state index contributed by atoms with van der Waals surface area (Å²) in [6.07, 6.45) is -3.33. The third-order valence-electron chi connectivity index (χ3n) is 5.01. The molecule has 0 aliphatic carbocycles. The molecule has 0 aromatic heterocycles. The number of aliphatic imine (C=N–C) groups is 1. The molecule has 1 aliphatic rings. The Labute approximate surface area is 183 Å². The van der Waals surface area contributed by atoms with Crippen LogP contribution in [0.2, 0.25) is 0 Å². The summed E-state index contributed by atoms with van der Waals surface area (Å²) in [6.45, 7) is 11.2. The van der Waals surface area contributed by atoms with E-state index in [1.54, 1.807) is 33.9 Å². The number of guanidine groups is 1. The number of likely N-dealkylation sites (N-methyl/N-ethyl adjacent to an activating group) is 1. The van der Waals surface area contributed by atoms with Crippen LogP contribution in [0.5, 0.6) is 5.75 Å². The molecule has 1 saturated heterocycles. The summed E-state index contributed by atoms with van der Waals surface area (Å²) in [5.41, 5.74) is -1.13. The first-order valence-corrected chi connectivity index (χ1v) is 10.7. The Morgan fingerprint density at radius 1 is 1.10 bits per heavy atom. The van der Waals surface area contributed by atoms with E-state index in [-0.39, 0.29) is 17.9 Å². The van der Waals surface area contributed by atoms with Gasteiger partial charge in [0.1, 0.15) is 11.4 Å². The molecule has 1 heterocycles. The zero-order valence-corrected chi connectivity index (χ0v) is 19.3. The Kier molecular flexibility index (Phi) is 9.00. The number of rotatable bonds is 6. The highest BCUT2D eigenvalue weighted by molar-refractivity contribution is 5.79. The van der Waals surface area contributed by atoms with E-state index in [9.17, 15) is 13.2 Å². The maximum Gasteiger partial charge on any atom is 0.416 e. The molecule has 0 bridgehead atoms. The van der Waals surface area contributed by atoms with Crippen molar-refractivity contribution in [2.24, 2.45) is 4.99 Å². The van der Waals surface area contributed by atoms with Gasteiger partial charge in [-0.3, -0.25) is 4.99 Å². The van der Waals surface area contributed by atoms with Crippen molar-refractivity contribution in [3.8, 4) is 5.75 Å². The van der Waals surface area contributed by atoms with E-state index in [0.29, 0.717) is 12.5 Å². The van der Waals surface area contributed by atoms with Crippen LogP contribution in [-0.2, 0) is 12.7 Å². The quantitative estimate of drug-likeness (QED) is 0.523. The molecule has 6 nitrogen and oxygen atoms in total. The van der Waals surface area contributed by atoms with Gasteiger partial charge in [-0.15, -0.1) is 0 Å². The van der Waals surface area contributed by atoms with Crippen molar-refractivity contribution in [3.05, 3.63) is 29.3 Å². The predicted octanol–water partition coefficient (Wildman–Crippen LogP) is 3.19. The monoisotopic (exact) mass is 443 g/mol. The molecular weight excluding hydrogens is 407 g/mol. The first kappa shape index (κ1) is 25.3. The molecule has 2 N–H and O–H groups in total. The fourth-order valence-corrected chi connectivity index (χ4v) is 3.45. The highest BCUT2D eigenvalue weighted by Gasteiger charge is 2.34. The molecule has 1 fully saturated rings. The van der Waals surface area contributed by atoms with Crippen LogP contribution in [0, 0.1) is 0 Å². The van der Waals surface area contributed by atoms with Gasteiger partial charge in [-0.1, -0.05) is 6.07 Å². The van der Waals surface area contributed by atoms with Crippen molar-refractivity contribution in [1.82, 2.24) is 20.4 Å². The molecule has 9 heteroatoms. The van der Waals surface area contributed by atoms with Crippen molar-refractivity contribution in [3.63, 3.8) is 0 Å². The maximum absolute atomic E-state index is 13.6. The van der Waals surface area contributed by atoms with E-state index in [1.807, 2.05) is 0 Å². The third kappa shape index (κ3) is 8.95. The smallest absolute Gasteiger partial charge is 0.416 e. The molecule has 176 valence electrons. The molecule has 0 unspecified atom stereocenters. The van der Waals surface area contributed by atoms with Crippen molar-refractivity contribution in [2.45, 2.75) is 45.5 Å². The van der Waals surface area contributed by atoms with Gasteiger partial charge in [-0.25, -0.2) is 0 Å². The average molecular weight is 444 g/mol. The molecule has 31 heavy (non-hydrogen) atoms. The van der Waals surface area contributed by atoms with Crippen LogP contribution in [-0.4, -0.2) is 74.7 Å². The summed E-state index contributed by atoms with van der Waals surface area (Å²) in [5, 5.41) is 6.19. The molecule has 0 radical (unpaired) electrons. The van der Waals surface area contributed by atoms with E-state index in [1.165, 1.54) is 6.07 Å². The number of hydrogen-bond acceptors (Lipinski definition) is 4. The van der Waals surface area contributed by atoms with E-state index in [2.05, 4.69) is 32.5 Å². The molecule has 2 rings (SSSR count). The number of benzene rings is 1. The van der Waals surface area contributed by atoms with E-state index in [0.717, 1.165) is 45.2 Å². The molecule has 0 atom stereocenters. The summed E-state index contributed by atoms with van der Waals surface area (Å²) in [4.78, 5) is 8.85. The Balaban J connectivity index is 1.93. The highest BCUT2D eigenvalue weighted by atomic mass is 19.4. The SMILES string of the molecule is CN=C(NCCN1CCCN(C)CC1)NCc1ccc(OC(C)(C)C)cc1C(F)(F)F. The first-order chi connectivity index (χ1) is 14.5. The Bertz CT molecular complexity index is 731. The third-order valence-corrected chi connectivity index (χ3v) is 5.01. The Morgan fingerprint density at radius 2 is 1.84 bits per heavy atom. The zero-order valence-electron chi connectivity index (χ0n) is 19.3. The van der Waals surface area contributed by atoms with Gasteiger partial charge in [-0.05, 0) is 65.0 Å². The number of nitrogens with zero attached hydrogens (tertiary/aromatic N) is 3. The summed E-state index contributed by atoms with van der Waals surface area (Å²) in [7, 11) is 3.74. The summed E-state index contributed by atoms with van der Waals surface area (Å²) < 4.78 is 46.4. The van der Waals surface area contributed by atoms with Crippen molar-refractivity contribution >= 4 is 5.96 Å². The fraction of sp³-hybridized carbons (Fsp3) is 0.682. The van der Waals surface area contributed by atoms with Gasteiger partial charge in [0.15, 0.2) is 5.96 Å². The summed E-state index contributed by atoms with van der Waals surface area (Å²) in [5.74, 6) is 0.684. The molecule has 1 aromatic carbocycles. The molecule has 1 aromatic rings. The number of hydrogen-bond donors (Lipinski definition) is 2. The lowest BCUT2D eigenvalue weighted by molar-refractivity contribution is -0.138. The van der Waals surface area contributed by atoms with Gasteiger partial charge in [0, 0.05) is 39.8 Å². The minimum Gasteiger partial charge on any atom is -0.488 e. The van der Waals surface area contributed by atoms with Crippen molar-refractivity contribution < 1.29 is 17.9 Å². The molecular formula is C22H36F3N5O. The van der Waals surface area contributed by atoms with Crippen molar-refractivity contribution in [1.29, 1.82) is 0 Å². The van der Waals surface area contributed by atoms with Crippen LogP contribution in [0.1, 0.15) is 38.3 Å². The van der Waals surface area contributed by atoms with Gasteiger partial charge in [0.05, 0.1) is 5.56 Å². The van der Waals surface area contributed by atoms with Crippen LogP contribution >= 0.6 is 0 Å². The van der Waals surface area contributed by atoms with Crippen LogP contribution in [0.25, 0.3) is 0 Å². The van der Waals surface area contributed by atoms with Crippen LogP contribution in [0.4, 0.5) is 13.2 Å². The largest absolute Gasteiger partial charge is 0.488 e. The van der Waals surface area contributed by atoms with Gasteiger partial charge >= 0.3 is 6.18 Å². The highest BCUT2D eigenvalue weighted by Crippen LogP contribution is 2.35. The van der Waals surface area contributed by atoms with Gasteiger partial charge in [0.25, 0.3) is 0 Å².